The lowest BCUT2D eigenvalue weighted by Gasteiger charge is -2.38. The number of allylic oxidation sites excluding steroid dienone is 2. The summed E-state index contributed by atoms with van der Waals surface area (Å²) in [5.41, 5.74) is 0. The van der Waals surface area contributed by atoms with Crippen LogP contribution in [0.2, 0.25) is 18.1 Å². The molecule has 0 aliphatic heterocycles. The third kappa shape index (κ3) is 7.95. The predicted octanol–water partition coefficient (Wildman–Crippen LogP) is 5.95. The summed E-state index contributed by atoms with van der Waals surface area (Å²) in [6.07, 6.45) is 9.85. The van der Waals surface area contributed by atoms with Crippen LogP contribution in [0.4, 0.5) is 0 Å². The van der Waals surface area contributed by atoms with E-state index in [-0.39, 0.29) is 0 Å². The molecule has 0 fully saturated rings. The molecule has 0 heterocycles. The van der Waals surface area contributed by atoms with E-state index in [9.17, 15) is 0 Å². The molecule has 108 valence electrons. The number of halogens is 1. The van der Waals surface area contributed by atoms with Crippen LogP contribution in [-0.2, 0) is 4.43 Å². The van der Waals surface area contributed by atoms with E-state index in [1.54, 1.807) is 0 Å². The van der Waals surface area contributed by atoms with Crippen molar-refractivity contribution in [2.75, 3.05) is 4.43 Å². The highest BCUT2D eigenvalue weighted by Crippen LogP contribution is 2.37. The monoisotopic (exact) mass is 382 g/mol. The fourth-order valence-electron chi connectivity index (χ4n) is 1.56. The second kappa shape index (κ2) is 8.75. The van der Waals surface area contributed by atoms with Gasteiger partial charge in [0.15, 0.2) is 8.32 Å². The first-order valence-electron chi connectivity index (χ1n) is 7.09. The lowest BCUT2D eigenvalue weighted by Crippen LogP contribution is -2.43. The summed E-state index contributed by atoms with van der Waals surface area (Å²) in [5, 5.41) is 0.321. The van der Waals surface area contributed by atoms with Crippen molar-refractivity contribution in [3.63, 3.8) is 0 Å². The van der Waals surface area contributed by atoms with Gasteiger partial charge in [0.1, 0.15) is 0 Å². The van der Waals surface area contributed by atoms with Crippen molar-refractivity contribution in [1.29, 1.82) is 0 Å². The van der Waals surface area contributed by atoms with Gasteiger partial charge in [-0.1, -0.05) is 55.5 Å². The molecule has 18 heavy (non-hydrogen) atoms. The third-order valence-corrected chi connectivity index (χ3v) is 8.95. The number of hydrogen-bond acceptors (Lipinski definition) is 1. The van der Waals surface area contributed by atoms with Crippen molar-refractivity contribution in [1.82, 2.24) is 0 Å². The quantitative estimate of drug-likeness (QED) is 0.166. The molecule has 0 saturated heterocycles. The van der Waals surface area contributed by atoms with E-state index in [1.807, 2.05) is 0 Å². The van der Waals surface area contributed by atoms with Gasteiger partial charge in [-0.25, -0.2) is 0 Å². The molecular weight excluding hydrogens is 351 g/mol. The Labute approximate surface area is 129 Å². The molecule has 3 heteroatoms. The Morgan fingerprint density at radius 2 is 1.72 bits per heavy atom. The first-order valence-corrected chi connectivity index (χ1v) is 11.5. The van der Waals surface area contributed by atoms with E-state index in [1.165, 1.54) is 30.1 Å². The van der Waals surface area contributed by atoms with Gasteiger partial charge in [-0.2, -0.15) is 0 Å². The van der Waals surface area contributed by atoms with Crippen molar-refractivity contribution in [2.24, 2.45) is 0 Å². The minimum atomic E-state index is -1.57. The van der Waals surface area contributed by atoms with E-state index in [4.69, 9.17) is 4.43 Å². The molecule has 0 aromatic rings. The summed E-state index contributed by atoms with van der Waals surface area (Å²) in [4.78, 5) is 0. The Morgan fingerprint density at radius 1 is 1.17 bits per heavy atom. The lowest BCUT2D eigenvalue weighted by molar-refractivity contribution is 0.187. The minimum Gasteiger partial charge on any atom is -0.414 e. The van der Waals surface area contributed by atoms with Crippen LogP contribution in [0.25, 0.3) is 0 Å². The fourth-order valence-corrected chi connectivity index (χ4v) is 3.40. The second-order valence-electron chi connectivity index (χ2n) is 6.57. The zero-order chi connectivity index (χ0) is 14.2. The molecule has 0 aromatic heterocycles. The van der Waals surface area contributed by atoms with Crippen molar-refractivity contribution in [3.8, 4) is 0 Å². The van der Waals surface area contributed by atoms with Crippen LogP contribution in [0.3, 0.4) is 0 Å². The van der Waals surface area contributed by atoms with Crippen LogP contribution in [0.5, 0.6) is 0 Å². The van der Waals surface area contributed by atoms with E-state index >= 15 is 0 Å². The maximum Gasteiger partial charge on any atom is 0.192 e. The maximum atomic E-state index is 6.34. The average molecular weight is 382 g/mol. The van der Waals surface area contributed by atoms with Crippen molar-refractivity contribution >= 4 is 30.9 Å². The molecule has 0 amide bonds. The number of alkyl halides is 1. The van der Waals surface area contributed by atoms with E-state index in [2.05, 4.69) is 75.5 Å². The van der Waals surface area contributed by atoms with Gasteiger partial charge in [0.05, 0.1) is 0 Å². The maximum absolute atomic E-state index is 6.34. The van der Waals surface area contributed by atoms with Crippen LogP contribution in [0.1, 0.15) is 53.4 Å². The van der Waals surface area contributed by atoms with Crippen LogP contribution in [0.15, 0.2) is 12.2 Å². The van der Waals surface area contributed by atoms with E-state index in [0.29, 0.717) is 11.1 Å². The second-order valence-corrected chi connectivity index (χ2v) is 12.4. The molecule has 0 radical (unpaired) electrons. The Balaban J connectivity index is 3.88. The predicted molar refractivity (Wildman–Crippen MR) is 94.2 cm³/mol. The number of hydrogen-bond donors (Lipinski definition) is 0. The summed E-state index contributed by atoms with van der Waals surface area (Å²) in [6.45, 7) is 13.8. The largest absolute Gasteiger partial charge is 0.414 e. The summed E-state index contributed by atoms with van der Waals surface area (Å²) < 4.78 is 7.56. The molecule has 0 N–H and O–H groups in total. The van der Waals surface area contributed by atoms with Gasteiger partial charge >= 0.3 is 0 Å². The Morgan fingerprint density at radius 3 is 2.22 bits per heavy atom. The van der Waals surface area contributed by atoms with Crippen LogP contribution >= 0.6 is 22.6 Å². The van der Waals surface area contributed by atoms with Crippen LogP contribution in [0, 0.1) is 0 Å². The first kappa shape index (κ1) is 18.6. The molecule has 0 bridgehead atoms. The number of unbranched alkanes of at least 4 members (excludes halogenated alkanes) is 1. The third-order valence-electron chi connectivity index (χ3n) is 3.73. The number of rotatable bonds is 8. The first-order chi connectivity index (χ1) is 8.20. The smallest absolute Gasteiger partial charge is 0.192 e. The van der Waals surface area contributed by atoms with Gasteiger partial charge in [0, 0.05) is 10.5 Å². The van der Waals surface area contributed by atoms with E-state index < -0.39 is 8.32 Å². The van der Waals surface area contributed by atoms with E-state index in [0.717, 1.165) is 0 Å². The van der Waals surface area contributed by atoms with Gasteiger partial charge in [0.2, 0.25) is 0 Å². The zero-order valence-electron chi connectivity index (χ0n) is 13.1. The highest BCUT2D eigenvalue weighted by Gasteiger charge is 2.38. The normalized spacial score (nSPS) is 15.3. The summed E-state index contributed by atoms with van der Waals surface area (Å²) in [5.74, 6) is 0. The van der Waals surface area contributed by atoms with Gasteiger partial charge < -0.3 is 4.43 Å². The summed E-state index contributed by atoms with van der Waals surface area (Å²) in [6, 6.07) is 0. The standard InChI is InChI=1S/C15H31IOSi/c1-14(12-10-8-7-9-11-13-16)17-18(5,6)15(2,3)4/h7,9,14H,8,10-13H2,1-6H3/b9-7-/t14-/m1/s1. The lowest BCUT2D eigenvalue weighted by atomic mass is 10.1. The molecule has 0 aliphatic rings. The highest BCUT2D eigenvalue weighted by atomic mass is 127. The molecule has 0 unspecified atom stereocenters. The van der Waals surface area contributed by atoms with Gasteiger partial charge in [-0.15, -0.1) is 0 Å². The Hall–Kier alpha value is 0.647. The molecular formula is C15H31IOSi. The molecule has 0 spiro atoms. The zero-order valence-corrected chi connectivity index (χ0v) is 16.2. The topological polar surface area (TPSA) is 9.23 Å². The van der Waals surface area contributed by atoms with Gasteiger partial charge in [0.25, 0.3) is 0 Å². The molecule has 0 aliphatic carbocycles. The van der Waals surface area contributed by atoms with Crippen molar-refractivity contribution in [2.45, 2.75) is 77.6 Å². The molecule has 0 rings (SSSR count). The minimum absolute atomic E-state index is 0.321. The highest BCUT2D eigenvalue weighted by molar-refractivity contribution is 14.1. The Bertz CT molecular complexity index is 243. The molecule has 0 aromatic carbocycles. The average Bonchev–Trinajstić information content (AvgIpc) is 2.20. The SMILES string of the molecule is C[C@H](CCC/C=C\CCI)O[Si](C)(C)C(C)(C)C. The molecule has 0 saturated carbocycles. The fraction of sp³-hybridized carbons (Fsp3) is 0.867. The van der Waals surface area contributed by atoms with Gasteiger partial charge in [-0.05, 0) is 50.7 Å². The summed E-state index contributed by atoms with van der Waals surface area (Å²) >= 11 is 2.41. The van der Waals surface area contributed by atoms with Gasteiger partial charge in [-0.3, -0.25) is 0 Å². The van der Waals surface area contributed by atoms with Crippen LogP contribution in [-0.4, -0.2) is 18.8 Å². The Kier molecular flexibility index (Phi) is 9.06. The van der Waals surface area contributed by atoms with Crippen molar-refractivity contribution in [3.05, 3.63) is 12.2 Å². The molecule has 1 nitrogen and oxygen atoms in total. The van der Waals surface area contributed by atoms with Crippen LogP contribution < -0.4 is 0 Å². The summed E-state index contributed by atoms with van der Waals surface area (Å²) in [7, 11) is -1.57. The van der Waals surface area contributed by atoms with Crippen molar-refractivity contribution < 1.29 is 4.43 Å². The molecule has 1 atom stereocenters.